The van der Waals surface area contributed by atoms with Gasteiger partial charge >= 0.3 is 0 Å². The number of epoxide rings is 1. The molecule has 0 aromatic carbocycles. The van der Waals surface area contributed by atoms with Gasteiger partial charge in [-0.2, -0.15) is 0 Å². The van der Waals surface area contributed by atoms with Crippen molar-refractivity contribution >= 4 is 0 Å². The molecule has 0 N–H and O–H groups in total. The lowest BCUT2D eigenvalue weighted by Gasteiger charge is -2.14. The maximum Gasteiger partial charge on any atom is 0.0977 e. The average molecular weight is 302 g/mol. The normalized spacial score (nSPS) is 41.6. The molecule has 22 heavy (non-hydrogen) atoms. The minimum absolute atomic E-state index is 0.132. The first-order valence-electron chi connectivity index (χ1n) is 8.79. The van der Waals surface area contributed by atoms with Crippen molar-refractivity contribution < 1.29 is 9.47 Å². The van der Waals surface area contributed by atoms with Crippen LogP contribution >= 0.6 is 0 Å². The minimum atomic E-state index is 0.132. The molecule has 1 fully saturated rings. The van der Waals surface area contributed by atoms with Crippen LogP contribution in [0.2, 0.25) is 0 Å². The maximum atomic E-state index is 5.99. The van der Waals surface area contributed by atoms with Crippen LogP contribution in [0.5, 0.6) is 0 Å². The number of rotatable bonds is 0. The Labute approximate surface area is 135 Å². The summed E-state index contributed by atoms with van der Waals surface area (Å²) in [7, 11) is 0. The summed E-state index contributed by atoms with van der Waals surface area (Å²) in [6.07, 6.45) is 12.3. The molecule has 3 aliphatic rings. The molecule has 0 bridgehead atoms. The summed E-state index contributed by atoms with van der Waals surface area (Å²) < 4.78 is 12.0. The van der Waals surface area contributed by atoms with Crippen molar-refractivity contribution in [1.82, 2.24) is 0 Å². The zero-order valence-electron chi connectivity index (χ0n) is 14.6. The second-order valence-electron chi connectivity index (χ2n) is 7.60. The molecule has 2 nitrogen and oxygen atoms in total. The van der Waals surface area contributed by atoms with Crippen molar-refractivity contribution in [2.45, 2.75) is 84.0 Å². The van der Waals surface area contributed by atoms with Gasteiger partial charge in [-0.1, -0.05) is 23.3 Å². The van der Waals surface area contributed by atoms with Crippen LogP contribution in [-0.4, -0.2) is 24.4 Å². The van der Waals surface area contributed by atoms with Gasteiger partial charge in [0.15, 0.2) is 0 Å². The Morgan fingerprint density at radius 1 is 1.09 bits per heavy atom. The van der Waals surface area contributed by atoms with E-state index in [9.17, 15) is 0 Å². The van der Waals surface area contributed by atoms with E-state index in [1.165, 1.54) is 22.3 Å². The molecule has 0 unspecified atom stereocenters. The maximum absolute atomic E-state index is 5.99. The van der Waals surface area contributed by atoms with E-state index in [4.69, 9.17) is 9.47 Å². The number of ether oxygens (including phenoxy) is 2. The molecule has 0 aromatic rings. The lowest BCUT2D eigenvalue weighted by Crippen LogP contribution is -2.11. The summed E-state index contributed by atoms with van der Waals surface area (Å²) in [5, 5.41) is 0. The topological polar surface area (TPSA) is 21.8 Å². The van der Waals surface area contributed by atoms with Crippen LogP contribution in [0.15, 0.2) is 34.4 Å². The third-order valence-corrected chi connectivity index (χ3v) is 5.57. The summed E-state index contributed by atoms with van der Waals surface area (Å²) in [6.45, 7) is 9.81. The number of fused-ring (bicyclic) bond motifs is 2. The fraction of sp³-hybridized carbons (Fsp3) is 0.700. The highest BCUT2D eigenvalue weighted by atomic mass is 16.6. The lowest BCUT2D eigenvalue weighted by molar-refractivity contribution is 0.150. The van der Waals surface area contributed by atoms with Crippen LogP contribution in [0, 0.1) is 0 Å². The Morgan fingerprint density at radius 3 is 2.73 bits per heavy atom. The predicted octanol–water partition coefficient (Wildman–Crippen LogP) is 5.11. The zero-order valence-corrected chi connectivity index (χ0v) is 14.6. The van der Waals surface area contributed by atoms with Gasteiger partial charge in [0, 0.05) is 0 Å². The summed E-state index contributed by atoms with van der Waals surface area (Å²) in [4.78, 5) is 0. The molecular formula is C20H30O2. The summed E-state index contributed by atoms with van der Waals surface area (Å²) in [6, 6.07) is 0. The molecule has 0 aromatic heterocycles. The highest BCUT2D eigenvalue weighted by Gasteiger charge is 2.50. The first kappa shape index (κ1) is 16.0. The van der Waals surface area contributed by atoms with E-state index in [2.05, 4.69) is 39.8 Å². The van der Waals surface area contributed by atoms with Crippen molar-refractivity contribution in [3.05, 3.63) is 34.4 Å². The van der Waals surface area contributed by atoms with E-state index in [-0.39, 0.29) is 11.7 Å². The monoisotopic (exact) mass is 302 g/mol. The van der Waals surface area contributed by atoms with Gasteiger partial charge in [0.2, 0.25) is 0 Å². The first-order valence-corrected chi connectivity index (χ1v) is 8.79. The van der Waals surface area contributed by atoms with Gasteiger partial charge < -0.3 is 9.47 Å². The summed E-state index contributed by atoms with van der Waals surface area (Å²) in [5.74, 6) is 0. The Morgan fingerprint density at radius 2 is 1.91 bits per heavy atom. The van der Waals surface area contributed by atoms with Crippen LogP contribution in [0.25, 0.3) is 0 Å². The molecule has 1 aliphatic carbocycles. The summed E-state index contributed by atoms with van der Waals surface area (Å²) in [5.41, 5.74) is 6.03. The van der Waals surface area contributed by atoms with E-state index in [1.54, 1.807) is 0 Å². The van der Waals surface area contributed by atoms with Crippen LogP contribution < -0.4 is 0 Å². The minimum Gasteiger partial charge on any atom is -0.366 e. The molecule has 0 radical (unpaired) electrons. The van der Waals surface area contributed by atoms with Gasteiger partial charge in [0.25, 0.3) is 0 Å². The van der Waals surface area contributed by atoms with Crippen molar-refractivity contribution in [3.8, 4) is 0 Å². The third-order valence-electron chi connectivity index (χ3n) is 5.57. The molecule has 1 saturated heterocycles. The first-order chi connectivity index (χ1) is 10.5. The second-order valence-corrected chi connectivity index (χ2v) is 7.60. The quantitative estimate of drug-likeness (QED) is 0.458. The predicted molar refractivity (Wildman–Crippen MR) is 90.9 cm³/mol. The van der Waals surface area contributed by atoms with Gasteiger partial charge in [-0.3, -0.25) is 0 Å². The molecule has 3 rings (SSSR count). The highest BCUT2D eigenvalue weighted by molar-refractivity contribution is 5.29. The largest absolute Gasteiger partial charge is 0.366 e. The Balaban J connectivity index is 1.76. The van der Waals surface area contributed by atoms with E-state index < -0.39 is 0 Å². The van der Waals surface area contributed by atoms with Crippen molar-refractivity contribution in [3.63, 3.8) is 0 Å². The van der Waals surface area contributed by atoms with Crippen molar-refractivity contribution in [2.24, 2.45) is 0 Å². The molecule has 0 amide bonds. The standard InChI is InChI=1S/C20H30O2/c1-14-6-5-11-20(4)19(22-20)10-8-15(2)12-18-17(9-7-14)16(3)13-21-18/h6,12,18-19H,5,7-11,13H2,1-4H3/b14-6+,15-12+/t18-,19+,20+/m0/s1. The van der Waals surface area contributed by atoms with Gasteiger partial charge in [-0.15, -0.1) is 0 Å². The van der Waals surface area contributed by atoms with E-state index in [0.717, 1.165) is 45.1 Å². The van der Waals surface area contributed by atoms with E-state index in [1.807, 2.05) is 0 Å². The van der Waals surface area contributed by atoms with Gasteiger partial charge in [0.05, 0.1) is 24.4 Å². The van der Waals surface area contributed by atoms with Crippen LogP contribution in [-0.2, 0) is 9.47 Å². The SMILES string of the molecule is CC1=C2CC/C(C)=C/CC[C@@]3(C)O[C@@H]3CC/C(C)=C/[C@@H]2OC1. The van der Waals surface area contributed by atoms with Gasteiger partial charge in [0.1, 0.15) is 0 Å². The fourth-order valence-electron chi connectivity index (χ4n) is 3.77. The number of hydrogen-bond donors (Lipinski definition) is 0. The van der Waals surface area contributed by atoms with E-state index in [0.29, 0.717) is 6.10 Å². The summed E-state index contributed by atoms with van der Waals surface area (Å²) >= 11 is 0. The molecule has 3 atom stereocenters. The Bertz CT molecular complexity index is 526. The number of hydrogen-bond acceptors (Lipinski definition) is 2. The van der Waals surface area contributed by atoms with Crippen molar-refractivity contribution in [2.75, 3.05) is 6.61 Å². The average Bonchev–Trinajstić information content (AvgIpc) is 2.98. The molecular weight excluding hydrogens is 272 g/mol. The number of allylic oxidation sites excluding steroid dienone is 3. The molecule has 0 saturated carbocycles. The smallest absolute Gasteiger partial charge is 0.0977 e. The van der Waals surface area contributed by atoms with Crippen LogP contribution in [0.1, 0.15) is 66.2 Å². The Kier molecular flexibility index (Phi) is 4.61. The lowest BCUT2D eigenvalue weighted by atomic mass is 9.93. The highest BCUT2D eigenvalue weighted by Crippen LogP contribution is 2.43. The molecule has 122 valence electrons. The van der Waals surface area contributed by atoms with Crippen LogP contribution in [0.4, 0.5) is 0 Å². The molecule has 2 aliphatic heterocycles. The zero-order chi connectivity index (χ0) is 15.7. The Hall–Kier alpha value is -0.860. The van der Waals surface area contributed by atoms with Crippen molar-refractivity contribution in [1.29, 1.82) is 0 Å². The second kappa shape index (κ2) is 6.33. The molecule has 0 spiro atoms. The fourth-order valence-corrected chi connectivity index (χ4v) is 3.77. The van der Waals surface area contributed by atoms with Crippen LogP contribution in [0.3, 0.4) is 0 Å². The molecule has 2 heterocycles. The third kappa shape index (κ3) is 3.55. The van der Waals surface area contributed by atoms with Gasteiger partial charge in [-0.25, -0.2) is 0 Å². The molecule has 2 heteroatoms. The van der Waals surface area contributed by atoms with E-state index >= 15 is 0 Å². The van der Waals surface area contributed by atoms with Gasteiger partial charge in [-0.05, 0) is 77.4 Å².